The maximum atomic E-state index is 13.7. The van der Waals surface area contributed by atoms with Crippen molar-refractivity contribution in [1.82, 2.24) is 4.98 Å². The number of halogens is 4. The van der Waals surface area contributed by atoms with Gasteiger partial charge in [0.25, 0.3) is 0 Å². The molecule has 3 aromatic rings. The molecule has 2 aromatic carbocycles. The van der Waals surface area contributed by atoms with Crippen LogP contribution < -0.4 is 10.2 Å². The van der Waals surface area contributed by atoms with Gasteiger partial charge in [-0.3, -0.25) is 4.79 Å². The molecule has 0 saturated heterocycles. The van der Waals surface area contributed by atoms with Gasteiger partial charge in [0.2, 0.25) is 0 Å². The van der Waals surface area contributed by atoms with Crippen molar-refractivity contribution in [2.24, 2.45) is 5.92 Å². The molecule has 2 heterocycles. The number of aromatic nitrogens is 1. The van der Waals surface area contributed by atoms with Crippen LogP contribution in [-0.2, 0) is 12.7 Å². The van der Waals surface area contributed by atoms with Gasteiger partial charge in [-0.25, -0.2) is 4.98 Å². The second-order valence-electron chi connectivity index (χ2n) is 9.95. The van der Waals surface area contributed by atoms with E-state index in [-0.39, 0.29) is 22.9 Å². The summed E-state index contributed by atoms with van der Waals surface area (Å²) in [6, 6.07) is 13.2. The van der Waals surface area contributed by atoms with Crippen LogP contribution in [0.3, 0.4) is 0 Å². The fourth-order valence-corrected chi connectivity index (χ4v) is 5.60. The van der Waals surface area contributed by atoms with Crippen LogP contribution >= 0.6 is 11.6 Å². The first kappa shape index (κ1) is 25.6. The van der Waals surface area contributed by atoms with Gasteiger partial charge in [0, 0.05) is 48.4 Å². The van der Waals surface area contributed by atoms with Crippen LogP contribution in [0.2, 0.25) is 5.02 Å². The maximum absolute atomic E-state index is 13.7. The Balaban J connectivity index is 1.41. The number of hydrogen-bond donors (Lipinski definition) is 1. The Morgan fingerprint density at radius 1 is 1.05 bits per heavy atom. The molecule has 1 aromatic heterocycles. The number of alkyl halides is 3. The lowest BCUT2D eigenvalue weighted by Gasteiger charge is -2.32. The maximum Gasteiger partial charge on any atom is 0.416 e. The highest BCUT2D eigenvalue weighted by Crippen LogP contribution is 2.37. The number of ketones is 1. The second-order valence-corrected chi connectivity index (χ2v) is 10.4. The lowest BCUT2D eigenvalue weighted by Crippen LogP contribution is -2.34. The van der Waals surface area contributed by atoms with Gasteiger partial charge in [-0.1, -0.05) is 61.9 Å². The van der Waals surface area contributed by atoms with E-state index in [1.807, 2.05) is 35.2 Å². The summed E-state index contributed by atoms with van der Waals surface area (Å²) in [6.45, 7) is 1.13. The molecule has 1 fully saturated rings. The SMILES string of the molecule is O=C(CC1CCCCC1)c1cccc(-c2cnc3c(c2)N(Cc2cc(Cl)ccc2C(F)(F)F)CCN3)c1. The van der Waals surface area contributed by atoms with Crippen molar-refractivity contribution in [3.63, 3.8) is 0 Å². The molecule has 8 heteroatoms. The minimum atomic E-state index is -4.47. The number of Topliss-reactive ketones (excluding diaryl/α,β-unsaturated/α-hetero) is 1. The van der Waals surface area contributed by atoms with Gasteiger partial charge in [0.05, 0.1) is 11.3 Å². The van der Waals surface area contributed by atoms with Crippen molar-refractivity contribution in [3.05, 3.63) is 76.4 Å². The van der Waals surface area contributed by atoms with Crippen LogP contribution in [0.25, 0.3) is 11.1 Å². The topological polar surface area (TPSA) is 45.2 Å². The minimum absolute atomic E-state index is 0.0507. The average Bonchev–Trinajstić information content (AvgIpc) is 2.89. The Bertz CT molecular complexity index is 1290. The Morgan fingerprint density at radius 2 is 1.86 bits per heavy atom. The fourth-order valence-electron chi connectivity index (χ4n) is 5.40. The van der Waals surface area contributed by atoms with Crippen LogP contribution in [0.15, 0.2) is 54.7 Å². The van der Waals surface area contributed by atoms with Gasteiger partial charge < -0.3 is 10.2 Å². The fraction of sp³-hybridized carbons (Fsp3) is 0.379. The molecule has 0 bridgehead atoms. The van der Waals surface area contributed by atoms with E-state index in [0.29, 0.717) is 36.8 Å². The summed E-state index contributed by atoms with van der Waals surface area (Å²) in [5.74, 6) is 1.24. The molecule has 37 heavy (non-hydrogen) atoms. The van der Waals surface area contributed by atoms with Gasteiger partial charge in [0.15, 0.2) is 5.78 Å². The first-order chi connectivity index (χ1) is 17.8. The number of anilines is 2. The smallest absolute Gasteiger partial charge is 0.367 e. The molecule has 0 unspecified atom stereocenters. The van der Waals surface area contributed by atoms with Crippen LogP contribution in [-0.4, -0.2) is 23.9 Å². The number of fused-ring (bicyclic) bond motifs is 1. The van der Waals surface area contributed by atoms with E-state index >= 15 is 0 Å². The van der Waals surface area contributed by atoms with Crippen molar-refractivity contribution >= 4 is 28.9 Å². The number of hydrogen-bond acceptors (Lipinski definition) is 4. The van der Waals surface area contributed by atoms with Gasteiger partial charge >= 0.3 is 6.18 Å². The minimum Gasteiger partial charge on any atom is -0.367 e. The van der Waals surface area contributed by atoms with Crippen LogP contribution in [0.1, 0.15) is 60.0 Å². The van der Waals surface area contributed by atoms with E-state index in [0.717, 1.165) is 35.7 Å². The number of nitrogens with one attached hydrogen (secondary N) is 1. The van der Waals surface area contributed by atoms with Crippen molar-refractivity contribution < 1.29 is 18.0 Å². The monoisotopic (exact) mass is 527 g/mol. The van der Waals surface area contributed by atoms with Crippen LogP contribution in [0, 0.1) is 5.92 Å². The van der Waals surface area contributed by atoms with E-state index in [2.05, 4.69) is 10.3 Å². The molecule has 0 radical (unpaired) electrons. The van der Waals surface area contributed by atoms with Crippen molar-refractivity contribution in [1.29, 1.82) is 0 Å². The molecule has 194 valence electrons. The zero-order valence-corrected chi connectivity index (χ0v) is 21.2. The zero-order valence-electron chi connectivity index (χ0n) is 20.5. The predicted molar refractivity (Wildman–Crippen MR) is 141 cm³/mol. The quantitative estimate of drug-likeness (QED) is 0.330. The molecule has 4 nitrogen and oxygen atoms in total. The summed E-state index contributed by atoms with van der Waals surface area (Å²) < 4.78 is 41.0. The molecule has 0 spiro atoms. The van der Waals surface area contributed by atoms with Crippen LogP contribution in [0.4, 0.5) is 24.7 Å². The highest BCUT2D eigenvalue weighted by molar-refractivity contribution is 6.30. The largest absolute Gasteiger partial charge is 0.416 e. The summed E-state index contributed by atoms with van der Waals surface area (Å²) in [5, 5.41) is 3.50. The molecule has 0 amide bonds. The van der Waals surface area contributed by atoms with Crippen molar-refractivity contribution in [2.45, 2.75) is 51.2 Å². The molecule has 0 atom stereocenters. The molecule has 1 saturated carbocycles. The second kappa shape index (κ2) is 10.7. The summed E-state index contributed by atoms with van der Waals surface area (Å²) in [4.78, 5) is 19.4. The highest BCUT2D eigenvalue weighted by Gasteiger charge is 2.34. The number of carbonyl (C=O) groups excluding carboxylic acids is 1. The van der Waals surface area contributed by atoms with E-state index in [1.165, 1.54) is 31.4 Å². The molecule has 1 N–H and O–H groups in total. The predicted octanol–water partition coefficient (Wildman–Crippen LogP) is 8.01. The molecule has 1 aliphatic heterocycles. The van der Waals surface area contributed by atoms with E-state index in [9.17, 15) is 18.0 Å². The molecular formula is C29H29ClF3N3O. The third-order valence-corrected chi connectivity index (χ3v) is 7.57. The van der Waals surface area contributed by atoms with E-state index in [1.54, 1.807) is 6.20 Å². The number of nitrogens with zero attached hydrogens (tertiary/aromatic N) is 2. The normalized spacial score (nSPS) is 16.3. The van der Waals surface area contributed by atoms with E-state index < -0.39 is 11.7 Å². The molecule has 5 rings (SSSR count). The summed E-state index contributed by atoms with van der Waals surface area (Å²) in [6.07, 6.45) is 3.72. The van der Waals surface area contributed by atoms with E-state index in [4.69, 9.17) is 11.6 Å². The first-order valence-electron chi connectivity index (χ1n) is 12.8. The Labute approximate surface area is 219 Å². The van der Waals surface area contributed by atoms with Crippen molar-refractivity contribution in [2.75, 3.05) is 23.3 Å². The average molecular weight is 528 g/mol. The third kappa shape index (κ3) is 5.93. The van der Waals surface area contributed by atoms with Crippen LogP contribution in [0.5, 0.6) is 0 Å². The van der Waals surface area contributed by atoms with Gasteiger partial charge in [0.1, 0.15) is 5.82 Å². The number of rotatable bonds is 6. The highest BCUT2D eigenvalue weighted by atomic mass is 35.5. The Kier molecular flexibility index (Phi) is 7.43. The number of pyridine rings is 1. The van der Waals surface area contributed by atoms with Gasteiger partial charge in [-0.05, 0) is 47.4 Å². The first-order valence-corrected chi connectivity index (χ1v) is 13.1. The summed E-state index contributed by atoms with van der Waals surface area (Å²) in [5.41, 5.74) is 2.50. The standard InChI is InChI=1S/C29H29ClF3N3O/c30-24-9-10-25(29(31,32)33)23(15-24)18-36-12-11-34-28-26(36)16-22(17-35-28)20-7-4-8-21(14-20)27(37)13-19-5-2-1-3-6-19/h4,7-10,14-17,19H,1-3,5-6,11-13,18H2,(H,34,35). The van der Waals surface area contributed by atoms with Gasteiger partial charge in [-0.2, -0.15) is 13.2 Å². The van der Waals surface area contributed by atoms with Gasteiger partial charge in [-0.15, -0.1) is 0 Å². The summed E-state index contributed by atoms with van der Waals surface area (Å²) in [7, 11) is 0. The Morgan fingerprint density at radius 3 is 2.65 bits per heavy atom. The zero-order chi connectivity index (χ0) is 26.0. The summed E-state index contributed by atoms with van der Waals surface area (Å²) >= 11 is 6.05. The van der Waals surface area contributed by atoms with Crippen molar-refractivity contribution in [3.8, 4) is 11.1 Å². The Hall–Kier alpha value is -3.06. The molecular weight excluding hydrogens is 499 g/mol. The lowest BCUT2D eigenvalue weighted by molar-refractivity contribution is -0.138. The third-order valence-electron chi connectivity index (χ3n) is 7.33. The molecule has 1 aliphatic carbocycles. The molecule has 2 aliphatic rings. The number of benzene rings is 2. The lowest BCUT2D eigenvalue weighted by atomic mass is 9.84. The number of carbonyl (C=O) groups is 1.